The summed E-state index contributed by atoms with van der Waals surface area (Å²) in [5, 5.41) is 12.0. The van der Waals surface area contributed by atoms with Gasteiger partial charge >= 0.3 is 0 Å². The first-order valence-electron chi connectivity index (χ1n) is 8.03. The number of tetrazole rings is 1. The van der Waals surface area contributed by atoms with E-state index in [2.05, 4.69) is 32.6 Å². The molecule has 0 atom stereocenters. The van der Waals surface area contributed by atoms with Gasteiger partial charge in [0.15, 0.2) is 5.82 Å². The molecule has 7 heteroatoms. The van der Waals surface area contributed by atoms with Crippen molar-refractivity contribution in [3.05, 3.63) is 41.7 Å². The van der Waals surface area contributed by atoms with Gasteiger partial charge in [0.1, 0.15) is 0 Å². The van der Waals surface area contributed by atoms with Gasteiger partial charge in [-0.1, -0.05) is 30.3 Å². The van der Waals surface area contributed by atoms with Gasteiger partial charge in [-0.05, 0) is 48.3 Å². The monoisotopic (exact) mass is 314 g/mol. The summed E-state index contributed by atoms with van der Waals surface area (Å²) in [5.74, 6) is 0.705. The number of hydrogen-bond acceptors (Lipinski definition) is 5. The number of nitrogens with two attached hydrogens (primary N) is 1. The molecule has 1 aliphatic heterocycles. The highest BCUT2D eigenvalue weighted by Crippen LogP contribution is 2.18. The second-order valence-electron chi connectivity index (χ2n) is 6.01. The molecule has 3 rings (SSSR count). The zero-order chi connectivity index (χ0) is 16.1. The summed E-state index contributed by atoms with van der Waals surface area (Å²) in [6.45, 7) is 3.20. The van der Waals surface area contributed by atoms with Gasteiger partial charge in [0.25, 0.3) is 0 Å². The van der Waals surface area contributed by atoms with Crippen LogP contribution in [0.5, 0.6) is 0 Å². The Morgan fingerprint density at radius 2 is 1.96 bits per heavy atom. The summed E-state index contributed by atoms with van der Waals surface area (Å²) in [7, 11) is 0. The Morgan fingerprint density at radius 1 is 1.22 bits per heavy atom. The van der Waals surface area contributed by atoms with E-state index in [1.807, 2.05) is 22.9 Å². The Labute approximate surface area is 135 Å². The third kappa shape index (κ3) is 4.13. The molecule has 0 spiro atoms. The molecule has 1 amide bonds. The van der Waals surface area contributed by atoms with Gasteiger partial charge in [-0.15, -0.1) is 5.10 Å². The molecule has 0 bridgehead atoms. The lowest BCUT2D eigenvalue weighted by Gasteiger charge is -2.29. The lowest BCUT2D eigenvalue weighted by molar-refractivity contribution is -0.123. The number of nitrogens with zero attached hydrogens (tertiary/aromatic N) is 5. The predicted molar refractivity (Wildman–Crippen MR) is 85.2 cm³/mol. The molecule has 2 aromatic rings. The molecule has 0 saturated carbocycles. The van der Waals surface area contributed by atoms with Gasteiger partial charge in [0.2, 0.25) is 5.91 Å². The normalized spacial score (nSPS) is 16.5. The van der Waals surface area contributed by atoms with Crippen LogP contribution in [0.3, 0.4) is 0 Å². The first-order valence-corrected chi connectivity index (χ1v) is 8.03. The zero-order valence-corrected chi connectivity index (χ0v) is 13.1. The number of aromatic nitrogens is 4. The molecule has 0 radical (unpaired) electrons. The number of piperidine rings is 1. The van der Waals surface area contributed by atoms with Crippen molar-refractivity contribution in [3.8, 4) is 0 Å². The minimum Gasteiger partial charge on any atom is -0.369 e. The van der Waals surface area contributed by atoms with Crippen LogP contribution in [0.4, 0.5) is 0 Å². The molecule has 0 unspecified atom stereocenters. The van der Waals surface area contributed by atoms with E-state index in [-0.39, 0.29) is 11.8 Å². The molecule has 122 valence electrons. The van der Waals surface area contributed by atoms with E-state index < -0.39 is 0 Å². The lowest BCUT2D eigenvalue weighted by atomic mass is 9.96. The van der Waals surface area contributed by atoms with Crippen molar-refractivity contribution in [1.82, 2.24) is 25.1 Å². The fourth-order valence-electron chi connectivity index (χ4n) is 2.97. The van der Waals surface area contributed by atoms with Crippen LogP contribution in [-0.4, -0.2) is 44.1 Å². The van der Waals surface area contributed by atoms with Crippen molar-refractivity contribution in [3.63, 3.8) is 0 Å². The van der Waals surface area contributed by atoms with Gasteiger partial charge in [-0.2, -0.15) is 0 Å². The summed E-state index contributed by atoms with van der Waals surface area (Å²) in [4.78, 5) is 13.5. The summed E-state index contributed by atoms with van der Waals surface area (Å²) >= 11 is 0. The maximum Gasteiger partial charge on any atom is 0.220 e. The van der Waals surface area contributed by atoms with Crippen LogP contribution in [0.15, 0.2) is 30.3 Å². The van der Waals surface area contributed by atoms with E-state index in [9.17, 15) is 4.79 Å². The largest absolute Gasteiger partial charge is 0.369 e. The minimum atomic E-state index is -0.183. The molecule has 2 heterocycles. The second-order valence-corrected chi connectivity index (χ2v) is 6.01. The molecule has 7 nitrogen and oxygen atoms in total. The smallest absolute Gasteiger partial charge is 0.220 e. The minimum absolute atomic E-state index is 0.0142. The number of hydrogen-bond donors (Lipinski definition) is 1. The molecule has 23 heavy (non-hydrogen) atoms. The molecule has 2 N–H and O–H groups in total. The van der Waals surface area contributed by atoms with Crippen molar-refractivity contribution in [2.75, 3.05) is 13.1 Å². The molecule has 0 aliphatic carbocycles. The van der Waals surface area contributed by atoms with E-state index in [4.69, 9.17) is 5.73 Å². The Balaban J connectivity index is 1.54. The topological polar surface area (TPSA) is 89.9 Å². The number of primary amides is 1. The van der Waals surface area contributed by atoms with Crippen molar-refractivity contribution < 1.29 is 4.79 Å². The number of carbonyl (C=O) groups excluding carboxylic acids is 1. The Morgan fingerprint density at radius 3 is 2.65 bits per heavy atom. The van der Waals surface area contributed by atoms with Crippen LogP contribution in [0.2, 0.25) is 0 Å². The standard InChI is InChI=1S/C16H22N6O/c17-16(23)14-7-9-21(10-8-14)12-15-18-19-20-22(15)11-6-13-4-2-1-3-5-13/h1-5,14H,6-12H2,(H2,17,23). The highest BCUT2D eigenvalue weighted by molar-refractivity contribution is 5.76. The van der Waals surface area contributed by atoms with E-state index in [0.717, 1.165) is 44.7 Å². The Bertz CT molecular complexity index is 633. The van der Waals surface area contributed by atoms with Crippen molar-refractivity contribution in [2.45, 2.75) is 32.4 Å². The van der Waals surface area contributed by atoms with E-state index in [1.165, 1.54) is 5.56 Å². The van der Waals surface area contributed by atoms with Crippen LogP contribution in [0.1, 0.15) is 24.2 Å². The van der Waals surface area contributed by atoms with Gasteiger partial charge in [0, 0.05) is 12.5 Å². The van der Waals surface area contributed by atoms with Crippen LogP contribution < -0.4 is 5.73 Å². The predicted octanol–water partition coefficient (Wildman–Crippen LogP) is 0.613. The first-order chi connectivity index (χ1) is 11.2. The van der Waals surface area contributed by atoms with E-state index in [0.29, 0.717) is 6.54 Å². The molecule has 1 fully saturated rings. The SMILES string of the molecule is NC(=O)C1CCN(Cc2nnnn2CCc2ccccc2)CC1. The Hall–Kier alpha value is -2.28. The quantitative estimate of drug-likeness (QED) is 0.844. The molecular weight excluding hydrogens is 292 g/mol. The average molecular weight is 314 g/mol. The fraction of sp³-hybridized carbons (Fsp3) is 0.500. The lowest BCUT2D eigenvalue weighted by Crippen LogP contribution is -2.38. The number of benzene rings is 1. The molecular formula is C16H22N6O. The van der Waals surface area contributed by atoms with Crippen molar-refractivity contribution in [2.24, 2.45) is 11.7 Å². The third-order valence-corrected chi connectivity index (χ3v) is 4.42. The molecule has 1 aliphatic rings. The van der Waals surface area contributed by atoms with E-state index in [1.54, 1.807) is 0 Å². The zero-order valence-electron chi connectivity index (χ0n) is 13.1. The van der Waals surface area contributed by atoms with Crippen LogP contribution in [0.25, 0.3) is 0 Å². The number of amides is 1. The number of likely N-dealkylation sites (tertiary alicyclic amines) is 1. The summed E-state index contributed by atoms with van der Waals surface area (Å²) in [5.41, 5.74) is 6.65. The van der Waals surface area contributed by atoms with Crippen molar-refractivity contribution in [1.29, 1.82) is 0 Å². The molecule has 1 aromatic carbocycles. The van der Waals surface area contributed by atoms with Gasteiger partial charge in [0.05, 0.1) is 6.54 Å². The number of carbonyl (C=O) groups is 1. The van der Waals surface area contributed by atoms with Gasteiger partial charge < -0.3 is 5.73 Å². The average Bonchev–Trinajstić information content (AvgIpc) is 3.01. The van der Waals surface area contributed by atoms with E-state index >= 15 is 0 Å². The van der Waals surface area contributed by atoms with Crippen LogP contribution in [-0.2, 0) is 24.3 Å². The maximum atomic E-state index is 11.2. The highest BCUT2D eigenvalue weighted by Gasteiger charge is 2.24. The first kappa shape index (κ1) is 15.6. The highest BCUT2D eigenvalue weighted by atomic mass is 16.1. The molecule has 1 saturated heterocycles. The number of aryl methyl sites for hydroxylation is 2. The molecule has 1 aromatic heterocycles. The third-order valence-electron chi connectivity index (χ3n) is 4.42. The summed E-state index contributed by atoms with van der Waals surface area (Å²) in [6, 6.07) is 10.3. The Kier molecular flexibility index (Phi) is 4.97. The summed E-state index contributed by atoms with van der Waals surface area (Å²) in [6.07, 6.45) is 2.55. The second kappa shape index (κ2) is 7.32. The van der Waals surface area contributed by atoms with Crippen LogP contribution in [0, 0.1) is 5.92 Å². The number of rotatable bonds is 6. The van der Waals surface area contributed by atoms with Crippen LogP contribution >= 0.6 is 0 Å². The van der Waals surface area contributed by atoms with Crippen molar-refractivity contribution >= 4 is 5.91 Å². The fourth-order valence-corrected chi connectivity index (χ4v) is 2.97. The summed E-state index contributed by atoms with van der Waals surface area (Å²) < 4.78 is 1.87. The van der Waals surface area contributed by atoms with Gasteiger partial charge in [-0.25, -0.2) is 4.68 Å². The maximum absolute atomic E-state index is 11.2. The van der Waals surface area contributed by atoms with Gasteiger partial charge in [-0.3, -0.25) is 9.69 Å².